The van der Waals surface area contributed by atoms with Crippen molar-refractivity contribution in [2.75, 3.05) is 13.1 Å². The lowest BCUT2D eigenvalue weighted by atomic mass is 9.69. The van der Waals surface area contributed by atoms with Gasteiger partial charge in [-0.25, -0.2) is 0 Å². The van der Waals surface area contributed by atoms with Crippen LogP contribution < -0.4 is 5.73 Å². The third-order valence-corrected chi connectivity index (χ3v) is 4.42. The molecule has 5 nitrogen and oxygen atoms in total. The molecule has 20 heavy (non-hydrogen) atoms. The fourth-order valence-electron chi connectivity index (χ4n) is 2.86. The van der Waals surface area contributed by atoms with Crippen molar-refractivity contribution in [3.05, 3.63) is 0 Å². The van der Waals surface area contributed by atoms with Crippen LogP contribution in [0.5, 0.6) is 0 Å². The van der Waals surface area contributed by atoms with E-state index < -0.39 is 16.9 Å². The Morgan fingerprint density at radius 1 is 1.30 bits per heavy atom. The number of hydrogen-bond acceptors (Lipinski definition) is 3. The fraction of sp³-hybridized carbons (Fsp3) is 0.867. The maximum Gasteiger partial charge on any atom is 0.323 e. The average molecular weight is 284 g/mol. The monoisotopic (exact) mass is 284 g/mol. The molecule has 0 spiro atoms. The highest BCUT2D eigenvalue weighted by atomic mass is 16.4. The number of nitrogens with zero attached hydrogens (tertiary/aromatic N) is 1. The first-order chi connectivity index (χ1) is 9.12. The molecule has 0 aliphatic heterocycles. The molecule has 0 aromatic carbocycles. The number of hydrogen-bond donors (Lipinski definition) is 2. The summed E-state index contributed by atoms with van der Waals surface area (Å²) in [7, 11) is 0. The minimum atomic E-state index is -0.982. The summed E-state index contributed by atoms with van der Waals surface area (Å²) in [5.74, 6) is -0.462. The lowest BCUT2D eigenvalue weighted by Crippen LogP contribution is -2.57. The van der Waals surface area contributed by atoms with E-state index in [1.807, 2.05) is 20.8 Å². The zero-order chi connectivity index (χ0) is 15.6. The van der Waals surface area contributed by atoms with Gasteiger partial charge in [-0.3, -0.25) is 9.59 Å². The molecule has 0 unspecified atom stereocenters. The van der Waals surface area contributed by atoms with Crippen molar-refractivity contribution in [3.8, 4) is 0 Å². The number of carbonyl (C=O) groups excluding carboxylic acids is 1. The largest absolute Gasteiger partial charge is 0.480 e. The van der Waals surface area contributed by atoms with Crippen molar-refractivity contribution in [2.45, 2.75) is 58.9 Å². The van der Waals surface area contributed by atoms with Crippen LogP contribution in [0.1, 0.15) is 53.4 Å². The van der Waals surface area contributed by atoms with Crippen molar-refractivity contribution in [1.29, 1.82) is 0 Å². The zero-order valence-corrected chi connectivity index (χ0v) is 13.1. The molecule has 3 N–H and O–H groups in total. The van der Waals surface area contributed by atoms with Crippen LogP contribution in [0.3, 0.4) is 0 Å². The second-order valence-electron chi connectivity index (χ2n) is 7.12. The Morgan fingerprint density at radius 3 is 2.15 bits per heavy atom. The van der Waals surface area contributed by atoms with Crippen molar-refractivity contribution in [2.24, 2.45) is 17.1 Å². The molecule has 116 valence electrons. The number of carboxylic acids is 1. The number of aliphatic carboxylic acids is 1. The predicted molar refractivity (Wildman–Crippen MR) is 78.2 cm³/mol. The van der Waals surface area contributed by atoms with Gasteiger partial charge in [0.1, 0.15) is 6.54 Å². The van der Waals surface area contributed by atoms with Gasteiger partial charge in [0, 0.05) is 12.1 Å². The Labute approximate surface area is 121 Å². The Balaban J connectivity index is 3.00. The van der Waals surface area contributed by atoms with Gasteiger partial charge in [-0.05, 0) is 52.4 Å². The van der Waals surface area contributed by atoms with Gasteiger partial charge in [-0.15, -0.1) is 0 Å². The summed E-state index contributed by atoms with van der Waals surface area (Å²) >= 11 is 0. The summed E-state index contributed by atoms with van der Waals surface area (Å²) in [5, 5.41) is 9.07. The molecule has 1 fully saturated rings. The van der Waals surface area contributed by atoms with Gasteiger partial charge >= 0.3 is 5.97 Å². The van der Waals surface area contributed by atoms with Crippen LogP contribution >= 0.6 is 0 Å². The molecule has 0 saturated heterocycles. The molecule has 0 bridgehead atoms. The summed E-state index contributed by atoms with van der Waals surface area (Å²) in [5.41, 5.74) is 4.81. The van der Waals surface area contributed by atoms with Gasteiger partial charge < -0.3 is 15.7 Å². The number of amides is 1. The topological polar surface area (TPSA) is 83.6 Å². The van der Waals surface area contributed by atoms with Crippen LogP contribution in [0, 0.1) is 11.3 Å². The Hall–Kier alpha value is -1.10. The molecule has 1 aliphatic carbocycles. The highest BCUT2D eigenvalue weighted by Gasteiger charge is 2.45. The lowest BCUT2D eigenvalue weighted by molar-refractivity contribution is -0.156. The SMILES string of the molecule is CC1CCC(CN)(C(=O)N(CC(=O)O)C(C)(C)C)CC1. The van der Waals surface area contributed by atoms with Crippen LogP contribution in [-0.4, -0.2) is 40.5 Å². The smallest absolute Gasteiger partial charge is 0.323 e. The summed E-state index contributed by atoms with van der Waals surface area (Å²) in [6.45, 7) is 7.81. The highest BCUT2D eigenvalue weighted by Crippen LogP contribution is 2.40. The molecule has 0 aromatic rings. The Kier molecular flexibility index (Phi) is 5.19. The quantitative estimate of drug-likeness (QED) is 0.825. The normalized spacial score (nSPS) is 27.1. The third-order valence-electron chi connectivity index (χ3n) is 4.42. The summed E-state index contributed by atoms with van der Waals surface area (Å²) in [6.07, 6.45) is 3.48. The van der Waals surface area contributed by atoms with Crippen LogP contribution in [-0.2, 0) is 9.59 Å². The van der Waals surface area contributed by atoms with Crippen molar-refractivity contribution < 1.29 is 14.7 Å². The molecule has 1 aliphatic rings. The van der Waals surface area contributed by atoms with Crippen LogP contribution in [0.2, 0.25) is 0 Å². The van der Waals surface area contributed by atoms with E-state index in [0.717, 1.165) is 25.7 Å². The fourth-order valence-corrected chi connectivity index (χ4v) is 2.86. The molecule has 5 heteroatoms. The minimum Gasteiger partial charge on any atom is -0.480 e. The molecular formula is C15H28N2O3. The maximum absolute atomic E-state index is 12.9. The van der Waals surface area contributed by atoms with Crippen molar-refractivity contribution >= 4 is 11.9 Å². The number of carboxylic acid groups (broad SMARTS) is 1. The van der Waals surface area contributed by atoms with Crippen LogP contribution in [0.4, 0.5) is 0 Å². The second-order valence-corrected chi connectivity index (χ2v) is 7.12. The average Bonchev–Trinajstić information content (AvgIpc) is 2.35. The van der Waals surface area contributed by atoms with E-state index >= 15 is 0 Å². The lowest BCUT2D eigenvalue weighted by Gasteiger charge is -2.44. The first kappa shape index (κ1) is 17.0. The molecule has 1 amide bonds. The van der Waals surface area contributed by atoms with Gasteiger partial charge in [0.2, 0.25) is 5.91 Å². The maximum atomic E-state index is 12.9. The standard InChI is InChI=1S/C15H28N2O3/c1-11-5-7-15(10-16,8-6-11)13(20)17(9-12(18)19)14(2,3)4/h11H,5-10,16H2,1-4H3,(H,18,19). The van der Waals surface area contributed by atoms with Crippen molar-refractivity contribution in [3.63, 3.8) is 0 Å². The third kappa shape index (κ3) is 3.72. The number of carbonyl (C=O) groups is 2. The first-order valence-corrected chi connectivity index (χ1v) is 7.36. The number of rotatable bonds is 4. The number of nitrogens with two attached hydrogens (primary N) is 1. The van der Waals surface area contributed by atoms with E-state index in [0.29, 0.717) is 12.5 Å². The van der Waals surface area contributed by atoms with Gasteiger partial charge in [0.25, 0.3) is 0 Å². The highest BCUT2D eigenvalue weighted by molar-refractivity contribution is 5.87. The Bertz CT molecular complexity index is 366. The Morgan fingerprint density at radius 2 is 1.80 bits per heavy atom. The molecular weight excluding hydrogens is 256 g/mol. The molecule has 0 radical (unpaired) electrons. The van der Waals surface area contributed by atoms with Gasteiger partial charge in [-0.2, -0.15) is 0 Å². The van der Waals surface area contributed by atoms with E-state index in [1.54, 1.807) is 0 Å². The van der Waals surface area contributed by atoms with Gasteiger partial charge in [0.15, 0.2) is 0 Å². The van der Waals surface area contributed by atoms with Crippen LogP contribution in [0.15, 0.2) is 0 Å². The summed E-state index contributed by atoms with van der Waals surface area (Å²) < 4.78 is 0. The van der Waals surface area contributed by atoms with E-state index in [4.69, 9.17) is 10.8 Å². The molecule has 1 saturated carbocycles. The summed E-state index contributed by atoms with van der Waals surface area (Å²) in [6, 6.07) is 0. The molecule has 0 atom stereocenters. The minimum absolute atomic E-state index is 0.0956. The molecule has 0 heterocycles. The van der Waals surface area contributed by atoms with E-state index in [9.17, 15) is 9.59 Å². The van der Waals surface area contributed by atoms with Crippen molar-refractivity contribution in [1.82, 2.24) is 4.90 Å². The van der Waals surface area contributed by atoms with E-state index in [-0.39, 0.29) is 12.5 Å². The summed E-state index contributed by atoms with van der Waals surface area (Å²) in [4.78, 5) is 25.5. The van der Waals surface area contributed by atoms with E-state index in [2.05, 4.69) is 6.92 Å². The molecule has 1 rings (SSSR count). The second kappa shape index (κ2) is 6.12. The first-order valence-electron chi connectivity index (χ1n) is 7.36. The zero-order valence-electron chi connectivity index (χ0n) is 13.1. The molecule has 0 aromatic heterocycles. The van der Waals surface area contributed by atoms with Gasteiger partial charge in [-0.1, -0.05) is 6.92 Å². The van der Waals surface area contributed by atoms with E-state index in [1.165, 1.54) is 4.90 Å². The van der Waals surface area contributed by atoms with Crippen LogP contribution in [0.25, 0.3) is 0 Å². The predicted octanol–water partition coefficient (Wildman–Crippen LogP) is 1.85. The van der Waals surface area contributed by atoms with Gasteiger partial charge in [0.05, 0.1) is 5.41 Å².